The Labute approximate surface area is 139 Å². The standard InChI is InChI=1S/C17H19NO4S/c1-11-6-7-13(9-15(11)21-3)17(20)22-12(2)16(19)18-10-14-5-4-8-23-14/h4-9,12H,10H2,1-3H3,(H,18,19)/t12-/m1/s1. The highest BCUT2D eigenvalue weighted by Gasteiger charge is 2.19. The maximum Gasteiger partial charge on any atom is 0.339 e. The minimum absolute atomic E-state index is 0.328. The molecule has 1 atom stereocenters. The van der Waals surface area contributed by atoms with Crippen LogP contribution in [0.4, 0.5) is 0 Å². The van der Waals surface area contributed by atoms with Gasteiger partial charge in [-0.05, 0) is 43.0 Å². The summed E-state index contributed by atoms with van der Waals surface area (Å²) in [4.78, 5) is 25.1. The van der Waals surface area contributed by atoms with E-state index in [0.717, 1.165) is 10.4 Å². The average Bonchev–Trinajstić information content (AvgIpc) is 3.06. The van der Waals surface area contributed by atoms with Crippen molar-refractivity contribution >= 4 is 23.2 Å². The molecule has 0 saturated carbocycles. The SMILES string of the molecule is COc1cc(C(=O)O[C@H](C)C(=O)NCc2cccs2)ccc1C. The van der Waals surface area contributed by atoms with Crippen LogP contribution in [-0.4, -0.2) is 25.1 Å². The van der Waals surface area contributed by atoms with Gasteiger partial charge in [0.2, 0.25) is 0 Å². The fourth-order valence-electron chi connectivity index (χ4n) is 1.96. The number of methoxy groups -OCH3 is 1. The minimum atomic E-state index is -0.866. The van der Waals surface area contributed by atoms with Crippen molar-refractivity contribution in [2.45, 2.75) is 26.5 Å². The van der Waals surface area contributed by atoms with E-state index in [1.54, 1.807) is 36.5 Å². The number of amides is 1. The molecule has 0 fully saturated rings. The monoisotopic (exact) mass is 333 g/mol. The topological polar surface area (TPSA) is 64.6 Å². The van der Waals surface area contributed by atoms with E-state index in [1.165, 1.54) is 7.11 Å². The van der Waals surface area contributed by atoms with E-state index in [2.05, 4.69) is 5.32 Å². The fourth-order valence-corrected chi connectivity index (χ4v) is 2.60. The van der Waals surface area contributed by atoms with Crippen molar-refractivity contribution in [3.05, 3.63) is 51.7 Å². The van der Waals surface area contributed by atoms with Crippen LogP contribution in [0, 0.1) is 6.92 Å². The Bertz CT molecular complexity index is 682. The van der Waals surface area contributed by atoms with Crippen LogP contribution >= 0.6 is 11.3 Å². The van der Waals surface area contributed by atoms with Crippen molar-refractivity contribution < 1.29 is 19.1 Å². The summed E-state index contributed by atoms with van der Waals surface area (Å²) in [5, 5.41) is 4.68. The molecule has 0 aliphatic carbocycles. The average molecular weight is 333 g/mol. The highest BCUT2D eigenvalue weighted by Crippen LogP contribution is 2.19. The Morgan fingerprint density at radius 2 is 2.09 bits per heavy atom. The lowest BCUT2D eigenvalue weighted by Gasteiger charge is -2.14. The minimum Gasteiger partial charge on any atom is -0.496 e. The largest absolute Gasteiger partial charge is 0.496 e. The van der Waals surface area contributed by atoms with Gasteiger partial charge in [0.05, 0.1) is 19.2 Å². The summed E-state index contributed by atoms with van der Waals surface area (Å²) in [6.07, 6.45) is -0.866. The predicted octanol–water partition coefficient (Wildman–Crippen LogP) is 2.93. The van der Waals surface area contributed by atoms with E-state index < -0.39 is 12.1 Å². The van der Waals surface area contributed by atoms with Crippen LogP contribution < -0.4 is 10.1 Å². The predicted molar refractivity (Wildman–Crippen MR) is 88.8 cm³/mol. The maximum atomic E-state index is 12.1. The Morgan fingerprint density at radius 1 is 1.30 bits per heavy atom. The summed E-state index contributed by atoms with van der Waals surface area (Å²) >= 11 is 1.56. The van der Waals surface area contributed by atoms with Crippen LogP contribution in [0.15, 0.2) is 35.7 Å². The van der Waals surface area contributed by atoms with E-state index >= 15 is 0 Å². The van der Waals surface area contributed by atoms with Crippen molar-refractivity contribution in [1.82, 2.24) is 5.32 Å². The number of thiophene rings is 1. The number of rotatable bonds is 6. The molecule has 1 amide bonds. The van der Waals surface area contributed by atoms with Crippen LogP contribution in [0.2, 0.25) is 0 Å². The zero-order valence-electron chi connectivity index (χ0n) is 13.3. The van der Waals surface area contributed by atoms with E-state index in [9.17, 15) is 9.59 Å². The van der Waals surface area contributed by atoms with Crippen molar-refractivity contribution in [3.8, 4) is 5.75 Å². The van der Waals surface area contributed by atoms with Crippen molar-refractivity contribution in [2.24, 2.45) is 0 Å². The van der Waals surface area contributed by atoms with Gasteiger partial charge in [-0.3, -0.25) is 4.79 Å². The van der Waals surface area contributed by atoms with Gasteiger partial charge in [0.1, 0.15) is 5.75 Å². The number of hydrogen-bond donors (Lipinski definition) is 1. The molecule has 0 radical (unpaired) electrons. The molecule has 122 valence electrons. The second-order valence-corrected chi connectivity index (χ2v) is 6.06. The van der Waals surface area contributed by atoms with E-state index in [1.807, 2.05) is 24.4 Å². The van der Waals surface area contributed by atoms with Gasteiger partial charge in [0.25, 0.3) is 5.91 Å². The van der Waals surface area contributed by atoms with Crippen LogP contribution in [-0.2, 0) is 16.1 Å². The zero-order valence-corrected chi connectivity index (χ0v) is 14.1. The number of esters is 1. The van der Waals surface area contributed by atoms with Crippen molar-refractivity contribution in [1.29, 1.82) is 0 Å². The molecular formula is C17H19NO4S. The number of benzene rings is 1. The van der Waals surface area contributed by atoms with Gasteiger partial charge in [-0.1, -0.05) is 12.1 Å². The smallest absolute Gasteiger partial charge is 0.339 e. The molecular weight excluding hydrogens is 314 g/mol. The van der Waals surface area contributed by atoms with Gasteiger partial charge >= 0.3 is 5.97 Å². The third-order valence-corrected chi connectivity index (χ3v) is 4.19. The molecule has 2 aromatic rings. The van der Waals surface area contributed by atoms with Gasteiger partial charge in [-0.25, -0.2) is 4.79 Å². The summed E-state index contributed by atoms with van der Waals surface area (Å²) in [6, 6.07) is 8.88. The lowest BCUT2D eigenvalue weighted by Crippen LogP contribution is -2.35. The molecule has 0 bridgehead atoms. The first-order valence-electron chi connectivity index (χ1n) is 7.17. The van der Waals surface area contributed by atoms with Crippen molar-refractivity contribution in [3.63, 3.8) is 0 Å². The lowest BCUT2D eigenvalue weighted by atomic mass is 10.1. The molecule has 5 nitrogen and oxygen atoms in total. The summed E-state index contributed by atoms with van der Waals surface area (Å²) < 4.78 is 10.4. The van der Waals surface area contributed by atoms with Crippen molar-refractivity contribution in [2.75, 3.05) is 7.11 Å². The van der Waals surface area contributed by atoms with E-state index in [0.29, 0.717) is 17.9 Å². The number of hydrogen-bond acceptors (Lipinski definition) is 5. The molecule has 1 aromatic heterocycles. The molecule has 0 spiro atoms. The quantitative estimate of drug-likeness (QED) is 0.826. The summed E-state index contributed by atoms with van der Waals surface area (Å²) in [7, 11) is 1.54. The Balaban J connectivity index is 1.92. The van der Waals surface area contributed by atoms with Crippen LogP contribution in [0.25, 0.3) is 0 Å². The zero-order chi connectivity index (χ0) is 16.8. The third-order valence-electron chi connectivity index (χ3n) is 3.31. The molecule has 2 rings (SSSR count). The lowest BCUT2D eigenvalue weighted by molar-refractivity contribution is -0.129. The highest BCUT2D eigenvalue weighted by atomic mass is 32.1. The molecule has 0 unspecified atom stereocenters. The molecule has 1 aromatic carbocycles. The highest BCUT2D eigenvalue weighted by molar-refractivity contribution is 7.09. The number of aryl methyl sites for hydroxylation is 1. The molecule has 23 heavy (non-hydrogen) atoms. The summed E-state index contributed by atoms with van der Waals surface area (Å²) in [6.45, 7) is 3.86. The Morgan fingerprint density at radius 3 is 2.74 bits per heavy atom. The second kappa shape index (κ2) is 7.78. The first kappa shape index (κ1) is 17.0. The van der Waals surface area contributed by atoms with Gasteiger partial charge in [-0.15, -0.1) is 11.3 Å². The number of carbonyl (C=O) groups excluding carboxylic acids is 2. The summed E-state index contributed by atoms with van der Waals surface area (Å²) in [5.74, 6) is -0.276. The van der Waals surface area contributed by atoms with Crippen LogP contribution in [0.3, 0.4) is 0 Å². The van der Waals surface area contributed by atoms with Gasteiger partial charge < -0.3 is 14.8 Å². The fraction of sp³-hybridized carbons (Fsp3) is 0.294. The van der Waals surface area contributed by atoms with E-state index in [-0.39, 0.29) is 5.91 Å². The molecule has 0 aliphatic heterocycles. The van der Waals surface area contributed by atoms with E-state index in [4.69, 9.17) is 9.47 Å². The Kier molecular flexibility index (Phi) is 5.76. The van der Waals surface area contributed by atoms with Crippen LogP contribution in [0.1, 0.15) is 27.7 Å². The number of nitrogens with one attached hydrogen (secondary N) is 1. The third kappa shape index (κ3) is 4.56. The normalized spacial score (nSPS) is 11.6. The Hall–Kier alpha value is -2.34. The summed E-state index contributed by atoms with van der Waals surface area (Å²) in [5.41, 5.74) is 1.27. The number of ether oxygens (including phenoxy) is 2. The molecule has 0 aliphatic rings. The van der Waals surface area contributed by atoms with Crippen LogP contribution in [0.5, 0.6) is 5.75 Å². The first-order valence-corrected chi connectivity index (χ1v) is 8.05. The van der Waals surface area contributed by atoms with Gasteiger partial charge in [0.15, 0.2) is 6.10 Å². The molecule has 6 heteroatoms. The second-order valence-electron chi connectivity index (χ2n) is 5.03. The molecule has 1 N–H and O–H groups in total. The van der Waals surface area contributed by atoms with Gasteiger partial charge in [0, 0.05) is 4.88 Å². The first-order chi connectivity index (χ1) is 11.0. The molecule has 1 heterocycles. The maximum absolute atomic E-state index is 12.1. The number of carbonyl (C=O) groups is 2. The molecule has 0 saturated heterocycles. The van der Waals surface area contributed by atoms with Gasteiger partial charge in [-0.2, -0.15) is 0 Å².